The number of hydrogen-bond donors (Lipinski definition) is 0. The maximum atomic E-state index is 13.6. The number of cyclic esters (lactones) is 1. The van der Waals surface area contributed by atoms with Crippen LogP contribution < -0.4 is 0 Å². The van der Waals surface area contributed by atoms with Gasteiger partial charge >= 0.3 is 5.97 Å². The number of esters is 1. The van der Waals surface area contributed by atoms with E-state index in [4.69, 9.17) is 16.3 Å². The summed E-state index contributed by atoms with van der Waals surface area (Å²) in [6.07, 6.45) is 0.0497. The Kier molecular flexibility index (Phi) is 4.99. The number of ether oxygens (including phenoxy) is 1. The van der Waals surface area contributed by atoms with Crippen molar-refractivity contribution in [2.24, 2.45) is 0 Å². The Morgan fingerprint density at radius 3 is 2.03 bits per heavy atom. The SMILES string of the molecule is CCC1(Cl)C(Cn2nc(C)cc2C)OC(=O)C1(c1ccccc1)c1ccccc1. The molecule has 0 aliphatic carbocycles. The summed E-state index contributed by atoms with van der Waals surface area (Å²) in [5.41, 5.74) is 2.56. The molecule has 3 aromatic rings. The summed E-state index contributed by atoms with van der Waals surface area (Å²) in [4.78, 5) is 12.7. The van der Waals surface area contributed by atoms with E-state index in [0.29, 0.717) is 13.0 Å². The zero-order chi connectivity index (χ0) is 20.6. The number of aromatic nitrogens is 2. The number of benzene rings is 2. The zero-order valence-corrected chi connectivity index (χ0v) is 17.7. The van der Waals surface area contributed by atoms with Gasteiger partial charge in [0.1, 0.15) is 16.4 Å². The van der Waals surface area contributed by atoms with Crippen LogP contribution in [0.5, 0.6) is 0 Å². The van der Waals surface area contributed by atoms with Gasteiger partial charge in [-0.15, -0.1) is 11.6 Å². The third-order valence-electron chi connectivity index (χ3n) is 6.06. The molecule has 1 aliphatic rings. The molecule has 0 N–H and O–H groups in total. The van der Waals surface area contributed by atoms with Gasteiger partial charge in [-0.05, 0) is 37.5 Å². The lowest BCUT2D eigenvalue weighted by Gasteiger charge is -2.40. The van der Waals surface area contributed by atoms with Gasteiger partial charge in [-0.3, -0.25) is 9.48 Å². The summed E-state index contributed by atoms with van der Waals surface area (Å²) in [5.74, 6) is -0.307. The summed E-state index contributed by atoms with van der Waals surface area (Å²) in [5, 5.41) is 4.56. The first-order valence-corrected chi connectivity index (χ1v) is 10.3. The molecule has 4 rings (SSSR count). The molecule has 150 valence electrons. The van der Waals surface area contributed by atoms with Crippen molar-refractivity contribution in [1.82, 2.24) is 9.78 Å². The van der Waals surface area contributed by atoms with Gasteiger partial charge in [-0.25, -0.2) is 0 Å². The highest BCUT2D eigenvalue weighted by Crippen LogP contribution is 2.55. The molecule has 0 spiro atoms. The van der Waals surface area contributed by atoms with E-state index >= 15 is 0 Å². The summed E-state index contributed by atoms with van der Waals surface area (Å²) in [7, 11) is 0. The van der Waals surface area contributed by atoms with Crippen LogP contribution in [0.2, 0.25) is 0 Å². The molecule has 5 heteroatoms. The normalized spacial score (nSPS) is 23.2. The van der Waals surface area contributed by atoms with Crippen molar-refractivity contribution < 1.29 is 9.53 Å². The average molecular weight is 409 g/mol. The molecule has 2 heterocycles. The molecule has 4 nitrogen and oxygen atoms in total. The van der Waals surface area contributed by atoms with E-state index in [1.54, 1.807) is 0 Å². The van der Waals surface area contributed by atoms with Gasteiger partial charge in [0.2, 0.25) is 0 Å². The van der Waals surface area contributed by atoms with Crippen LogP contribution in [0.1, 0.15) is 35.9 Å². The Hall–Kier alpha value is -2.59. The number of nitrogens with zero attached hydrogens (tertiary/aromatic N) is 2. The van der Waals surface area contributed by atoms with Crippen LogP contribution in [-0.4, -0.2) is 26.7 Å². The third-order valence-corrected chi connectivity index (χ3v) is 6.85. The Morgan fingerprint density at radius 2 is 1.59 bits per heavy atom. The van der Waals surface area contributed by atoms with E-state index in [-0.39, 0.29) is 5.97 Å². The van der Waals surface area contributed by atoms with Crippen molar-refractivity contribution in [2.45, 2.75) is 50.1 Å². The molecule has 0 radical (unpaired) electrons. The van der Waals surface area contributed by atoms with Gasteiger partial charge in [0, 0.05) is 5.69 Å². The summed E-state index contributed by atoms with van der Waals surface area (Å²) in [6, 6.07) is 21.5. The molecule has 0 amide bonds. The van der Waals surface area contributed by atoms with E-state index in [1.807, 2.05) is 92.2 Å². The fourth-order valence-electron chi connectivity index (χ4n) is 4.67. The number of hydrogen-bond acceptors (Lipinski definition) is 3. The van der Waals surface area contributed by atoms with E-state index in [2.05, 4.69) is 5.10 Å². The molecular weight excluding hydrogens is 384 g/mol. The van der Waals surface area contributed by atoms with Crippen LogP contribution >= 0.6 is 11.6 Å². The van der Waals surface area contributed by atoms with Crippen LogP contribution in [0, 0.1) is 13.8 Å². The standard InChI is InChI=1S/C24H25ClN2O2/c1-4-23(25)21(16-27-18(3)15-17(2)26-27)29-22(28)24(23,19-11-7-5-8-12-19)20-13-9-6-10-14-20/h5-15,21H,4,16H2,1-3H3. The summed E-state index contributed by atoms with van der Waals surface area (Å²) < 4.78 is 7.91. The number of halogens is 1. The Balaban J connectivity index is 1.90. The molecule has 1 saturated heterocycles. The van der Waals surface area contributed by atoms with Crippen LogP contribution in [-0.2, 0) is 21.5 Å². The van der Waals surface area contributed by atoms with Crippen molar-refractivity contribution in [3.8, 4) is 0 Å². The van der Waals surface area contributed by atoms with E-state index < -0.39 is 16.4 Å². The minimum atomic E-state index is -1.09. The first kappa shape index (κ1) is 19.7. The molecule has 29 heavy (non-hydrogen) atoms. The molecule has 2 unspecified atom stereocenters. The highest BCUT2D eigenvalue weighted by Gasteiger charge is 2.68. The highest BCUT2D eigenvalue weighted by molar-refractivity contribution is 6.29. The zero-order valence-electron chi connectivity index (χ0n) is 16.9. The molecule has 0 saturated carbocycles. The summed E-state index contributed by atoms with van der Waals surface area (Å²) in [6.45, 7) is 6.39. The molecule has 2 aromatic carbocycles. The first-order valence-electron chi connectivity index (χ1n) is 9.95. The number of alkyl halides is 1. The maximum Gasteiger partial charge on any atom is 0.323 e. The Labute approximate surface area is 176 Å². The predicted octanol–water partition coefficient (Wildman–Crippen LogP) is 4.80. The van der Waals surface area contributed by atoms with Gasteiger partial charge in [0.25, 0.3) is 0 Å². The van der Waals surface area contributed by atoms with Crippen molar-refractivity contribution in [1.29, 1.82) is 0 Å². The molecule has 0 bridgehead atoms. The van der Waals surface area contributed by atoms with E-state index in [1.165, 1.54) is 0 Å². The second-order valence-corrected chi connectivity index (χ2v) is 8.38. The monoisotopic (exact) mass is 408 g/mol. The molecule has 2 atom stereocenters. The second kappa shape index (κ2) is 7.34. The number of carbonyl (C=O) groups is 1. The molecule has 1 aromatic heterocycles. The minimum Gasteiger partial charge on any atom is -0.457 e. The van der Waals surface area contributed by atoms with Gasteiger partial charge in [0.15, 0.2) is 0 Å². The molecular formula is C24H25ClN2O2. The van der Waals surface area contributed by atoms with Gasteiger partial charge in [-0.1, -0.05) is 67.6 Å². The smallest absolute Gasteiger partial charge is 0.323 e. The van der Waals surface area contributed by atoms with Crippen LogP contribution in [0.25, 0.3) is 0 Å². The van der Waals surface area contributed by atoms with Crippen LogP contribution in [0.3, 0.4) is 0 Å². The second-order valence-electron chi connectivity index (χ2n) is 7.70. The maximum absolute atomic E-state index is 13.6. The first-order chi connectivity index (χ1) is 13.9. The third kappa shape index (κ3) is 2.89. The van der Waals surface area contributed by atoms with Gasteiger partial charge in [-0.2, -0.15) is 5.10 Å². The number of carbonyl (C=O) groups excluding carboxylic acids is 1. The quantitative estimate of drug-likeness (QED) is 0.450. The van der Waals surface area contributed by atoms with Crippen molar-refractivity contribution >= 4 is 17.6 Å². The lowest BCUT2D eigenvalue weighted by atomic mass is 9.64. The minimum absolute atomic E-state index is 0.307. The van der Waals surface area contributed by atoms with Crippen LogP contribution in [0.15, 0.2) is 66.7 Å². The average Bonchev–Trinajstić information content (AvgIpc) is 3.17. The fourth-order valence-corrected chi connectivity index (χ4v) is 5.08. The lowest BCUT2D eigenvalue weighted by Crippen LogP contribution is -2.53. The van der Waals surface area contributed by atoms with E-state index in [0.717, 1.165) is 22.5 Å². The fraction of sp³-hybridized carbons (Fsp3) is 0.333. The topological polar surface area (TPSA) is 44.1 Å². The van der Waals surface area contributed by atoms with Gasteiger partial charge in [0.05, 0.1) is 12.2 Å². The van der Waals surface area contributed by atoms with E-state index in [9.17, 15) is 4.79 Å². The van der Waals surface area contributed by atoms with Crippen molar-refractivity contribution in [2.75, 3.05) is 0 Å². The van der Waals surface area contributed by atoms with Crippen LogP contribution in [0.4, 0.5) is 0 Å². The number of rotatable bonds is 5. The lowest BCUT2D eigenvalue weighted by molar-refractivity contribution is -0.145. The molecule has 1 fully saturated rings. The Morgan fingerprint density at radius 1 is 1.03 bits per heavy atom. The Bertz CT molecular complexity index is 976. The largest absolute Gasteiger partial charge is 0.457 e. The summed E-state index contributed by atoms with van der Waals surface area (Å²) >= 11 is 7.43. The van der Waals surface area contributed by atoms with Crippen molar-refractivity contribution in [3.63, 3.8) is 0 Å². The predicted molar refractivity (Wildman–Crippen MR) is 114 cm³/mol. The van der Waals surface area contributed by atoms with Gasteiger partial charge < -0.3 is 4.74 Å². The highest BCUT2D eigenvalue weighted by atomic mass is 35.5. The van der Waals surface area contributed by atoms with Crippen molar-refractivity contribution in [3.05, 3.63) is 89.2 Å². The number of aryl methyl sites for hydroxylation is 2. The molecule has 1 aliphatic heterocycles.